The van der Waals surface area contributed by atoms with Crippen molar-refractivity contribution in [1.82, 2.24) is 20.2 Å². The van der Waals surface area contributed by atoms with E-state index in [0.29, 0.717) is 6.54 Å². The molecule has 20 heavy (non-hydrogen) atoms. The number of halogens is 1. The van der Waals surface area contributed by atoms with Crippen LogP contribution in [0.5, 0.6) is 0 Å². The zero-order valence-corrected chi connectivity index (χ0v) is 10.6. The van der Waals surface area contributed by atoms with Crippen molar-refractivity contribution in [3.05, 3.63) is 66.2 Å². The highest BCUT2D eigenvalue weighted by molar-refractivity contribution is 5.60. The van der Waals surface area contributed by atoms with Crippen LogP contribution < -0.4 is 5.32 Å². The highest BCUT2D eigenvalue weighted by atomic mass is 19.1. The number of nitrogens with zero attached hydrogens (tertiary/aromatic N) is 4. The van der Waals surface area contributed by atoms with E-state index in [1.807, 2.05) is 30.3 Å². The normalized spacial score (nSPS) is 10.4. The van der Waals surface area contributed by atoms with Crippen LogP contribution in [0.4, 0.5) is 10.1 Å². The topological polar surface area (TPSA) is 55.6 Å². The van der Waals surface area contributed by atoms with E-state index in [2.05, 4.69) is 20.8 Å². The molecule has 3 rings (SSSR count). The first-order valence-electron chi connectivity index (χ1n) is 6.13. The third-order valence-corrected chi connectivity index (χ3v) is 2.87. The van der Waals surface area contributed by atoms with Crippen molar-refractivity contribution in [3.63, 3.8) is 0 Å². The smallest absolute Gasteiger partial charge is 0.143 e. The van der Waals surface area contributed by atoms with Gasteiger partial charge in [0.05, 0.1) is 11.4 Å². The number of nitrogens with one attached hydrogen (secondary N) is 1. The van der Waals surface area contributed by atoms with E-state index in [4.69, 9.17) is 0 Å². The van der Waals surface area contributed by atoms with E-state index in [1.165, 1.54) is 18.5 Å². The van der Waals surface area contributed by atoms with Gasteiger partial charge in [-0.1, -0.05) is 24.3 Å². The maximum Gasteiger partial charge on any atom is 0.143 e. The van der Waals surface area contributed by atoms with Crippen LogP contribution in [0.2, 0.25) is 0 Å². The van der Waals surface area contributed by atoms with Gasteiger partial charge >= 0.3 is 0 Å². The Labute approximate surface area is 115 Å². The van der Waals surface area contributed by atoms with Crippen LogP contribution in [-0.2, 0) is 6.54 Å². The molecule has 3 aromatic rings. The Morgan fingerprint density at radius 1 is 1.10 bits per heavy atom. The van der Waals surface area contributed by atoms with E-state index < -0.39 is 0 Å². The Morgan fingerprint density at radius 3 is 2.80 bits per heavy atom. The molecule has 0 spiro atoms. The molecule has 0 aliphatic carbocycles. The number of anilines is 1. The molecule has 0 saturated heterocycles. The number of hydrogen-bond donors (Lipinski definition) is 1. The van der Waals surface area contributed by atoms with Crippen molar-refractivity contribution in [2.24, 2.45) is 0 Å². The van der Waals surface area contributed by atoms with E-state index in [1.54, 1.807) is 10.7 Å². The van der Waals surface area contributed by atoms with E-state index >= 15 is 0 Å². The fourth-order valence-electron chi connectivity index (χ4n) is 1.94. The molecule has 0 fully saturated rings. The maximum absolute atomic E-state index is 13.1. The summed E-state index contributed by atoms with van der Waals surface area (Å²) in [4.78, 5) is 0. The summed E-state index contributed by atoms with van der Waals surface area (Å²) in [7, 11) is 0. The Hall–Kier alpha value is -2.76. The van der Waals surface area contributed by atoms with Crippen molar-refractivity contribution in [3.8, 4) is 5.69 Å². The largest absolute Gasteiger partial charge is 0.379 e. The third kappa shape index (κ3) is 2.64. The summed E-state index contributed by atoms with van der Waals surface area (Å²) in [5.74, 6) is -0.238. The molecule has 1 heterocycles. The highest BCUT2D eigenvalue weighted by Crippen LogP contribution is 2.19. The average Bonchev–Trinajstić information content (AvgIpc) is 3.00. The number of tetrazole rings is 1. The summed E-state index contributed by atoms with van der Waals surface area (Å²) in [5, 5.41) is 14.4. The van der Waals surface area contributed by atoms with Crippen molar-refractivity contribution < 1.29 is 4.39 Å². The third-order valence-electron chi connectivity index (χ3n) is 2.87. The molecule has 5 nitrogen and oxygen atoms in total. The molecule has 0 atom stereocenters. The molecule has 0 saturated carbocycles. The quantitative estimate of drug-likeness (QED) is 0.790. The van der Waals surface area contributed by atoms with E-state index in [9.17, 15) is 4.39 Å². The average molecular weight is 269 g/mol. The lowest BCUT2D eigenvalue weighted by Gasteiger charge is -2.11. The first kappa shape index (κ1) is 12.3. The molecule has 0 amide bonds. The van der Waals surface area contributed by atoms with Gasteiger partial charge in [-0.3, -0.25) is 0 Å². The second kappa shape index (κ2) is 5.48. The predicted octanol–water partition coefficient (Wildman–Crippen LogP) is 2.41. The second-order valence-electron chi connectivity index (χ2n) is 4.26. The van der Waals surface area contributed by atoms with E-state index in [-0.39, 0.29) is 5.82 Å². The minimum absolute atomic E-state index is 0.238. The van der Waals surface area contributed by atoms with Gasteiger partial charge < -0.3 is 5.32 Å². The number of rotatable bonds is 4. The number of benzene rings is 2. The monoisotopic (exact) mass is 269 g/mol. The van der Waals surface area contributed by atoms with Crippen LogP contribution >= 0.6 is 0 Å². The molecule has 0 bridgehead atoms. The van der Waals surface area contributed by atoms with Crippen molar-refractivity contribution in [2.45, 2.75) is 6.54 Å². The Morgan fingerprint density at radius 2 is 2.00 bits per heavy atom. The Kier molecular flexibility index (Phi) is 3.36. The van der Waals surface area contributed by atoms with Crippen LogP contribution in [-0.4, -0.2) is 20.2 Å². The molecule has 0 unspecified atom stereocenters. The first-order chi connectivity index (χ1) is 9.83. The SMILES string of the molecule is Fc1cccc(CNc2ccccc2-n2cnnn2)c1. The summed E-state index contributed by atoms with van der Waals surface area (Å²) < 4.78 is 14.7. The lowest BCUT2D eigenvalue weighted by molar-refractivity contribution is 0.626. The van der Waals surface area contributed by atoms with Gasteiger partial charge in [-0.15, -0.1) is 5.10 Å². The lowest BCUT2D eigenvalue weighted by atomic mass is 10.2. The highest BCUT2D eigenvalue weighted by Gasteiger charge is 2.05. The second-order valence-corrected chi connectivity index (χ2v) is 4.26. The molecule has 1 aromatic heterocycles. The zero-order valence-electron chi connectivity index (χ0n) is 10.6. The van der Waals surface area contributed by atoms with Crippen molar-refractivity contribution >= 4 is 5.69 Å². The van der Waals surface area contributed by atoms with Gasteiger partial charge in [0.15, 0.2) is 0 Å². The molecule has 2 aromatic carbocycles. The van der Waals surface area contributed by atoms with E-state index in [0.717, 1.165) is 16.9 Å². The fraction of sp³-hybridized carbons (Fsp3) is 0.0714. The summed E-state index contributed by atoms with van der Waals surface area (Å²) in [5.41, 5.74) is 2.59. The van der Waals surface area contributed by atoms with Crippen LogP contribution in [0, 0.1) is 5.82 Å². The summed E-state index contributed by atoms with van der Waals surface area (Å²) in [6, 6.07) is 14.2. The van der Waals surface area contributed by atoms with Gasteiger partial charge in [-0.05, 0) is 40.3 Å². The Bertz CT molecular complexity index is 696. The minimum Gasteiger partial charge on any atom is -0.379 e. The van der Waals surface area contributed by atoms with Gasteiger partial charge in [-0.2, -0.15) is 4.68 Å². The van der Waals surface area contributed by atoms with Gasteiger partial charge in [0.2, 0.25) is 0 Å². The molecule has 100 valence electrons. The van der Waals surface area contributed by atoms with Crippen molar-refractivity contribution in [1.29, 1.82) is 0 Å². The van der Waals surface area contributed by atoms with Gasteiger partial charge in [0.1, 0.15) is 12.1 Å². The molecule has 0 aliphatic rings. The Balaban J connectivity index is 1.81. The molecule has 0 radical (unpaired) electrons. The summed E-state index contributed by atoms with van der Waals surface area (Å²) >= 11 is 0. The summed E-state index contributed by atoms with van der Waals surface area (Å²) in [6.07, 6.45) is 1.53. The predicted molar refractivity (Wildman–Crippen MR) is 72.9 cm³/mol. The standard InChI is InChI=1S/C14H12FN5/c15-12-5-3-4-11(8-12)9-16-13-6-1-2-7-14(13)20-10-17-18-19-20/h1-8,10,16H,9H2. The van der Waals surface area contributed by atoms with Crippen LogP contribution in [0.3, 0.4) is 0 Å². The molecular weight excluding hydrogens is 257 g/mol. The number of para-hydroxylation sites is 2. The van der Waals surface area contributed by atoms with Gasteiger partial charge in [0.25, 0.3) is 0 Å². The molecule has 0 aliphatic heterocycles. The number of hydrogen-bond acceptors (Lipinski definition) is 4. The zero-order chi connectivity index (χ0) is 13.8. The lowest BCUT2D eigenvalue weighted by Crippen LogP contribution is -2.05. The van der Waals surface area contributed by atoms with Crippen molar-refractivity contribution in [2.75, 3.05) is 5.32 Å². The first-order valence-corrected chi connectivity index (χ1v) is 6.13. The molecular formula is C14H12FN5. The van der Waals surface area contributed by atoms with Gasteiger partial charge in [0, 0.05) is 6.54 Å². The minimum atomic E-state index is -0.238. The van der Waals surface area contributed by atoms with Crippen LogP contribution in [0.1, 0.15) is 5.56 Å². The maximum atomic E-state index is 13.1. The molecule has 1 N–H and O–H groups in total. The van der Waals surface area contributed by atoms with Crippen LogP contribution in [0.25, 0.3) is 5.69 Å². The van der Waals surface area contributed by atoms with Crippen LogP contribution in [0.15, 0.2) is 54.9 Å². The van der Waals surface area contributed by atoms with Gasteiger partial charge in [-0.25, -0.2) is 4.39 Å². The summed E-state index contributed by atoms with van der Waals surface area (Å²) in [6.45, 7) is 0.525. The number of aromatic nitrogens is 4. The fourth-order valence-corrected chi connectivity index (χ4v) is 1.94. The molecule has 6 heteroatoms.